The standard InChI is InChI=1S/C12H7ClF2N2O/c13-8-3-1-2-4-9(8)17-12(18)7-5-6-16-11(15)10(7)14/h1-6H,(H,17,18). The van der Waals surface area contributed by atoms with Gasteiger partial charge in [0, 0.05) is 6.20 Å². The van der Waals surface area contributed by atoms with E-state index in [2.05, 4.69) is 10.3 Å². The van der Waals surface area contributed by atoms with E-state index in [1.165, 1.54) is 0 Å². The highest BCUT2D eigenvalue weighted by Crippen LogP contribution is 2.21. The molecule has 0 aliphatic carbocycles. The highest BCUT2D eigenvalue weighted by atomic mass is 35.5. The molecule has 0 aliphatic rings. The van der Waals surface area contributed by atoms with Crippen LogP contribution in [0.3, 0.4) is 0 Å². The first kappa shape index (κ1) is 12.4. The average molecular weight is 269 g/mol. The number of hydrogen-bond acceptors (Lipinski definition) is 2. The van der Waals surface area contributed by atoms with Gasteiger partial charge in [-0.15, -0.1) is 0 Å². The van der Waals surface area contributed by atoms with E-state index in [0.717, 1.165) is 12.3 Å². The molecule has 1 amide bonds. The molecule has 6 heteroatoms. The van der Waals surface area contributed by atoms with Gasteiger partial charge in [-0.05, 0) is 18.2 Å². The number of anilines is 1. The van der Waals surface area contributed by atoms with Crippen LogP contribution in [0.1, 0.15) is 10.4 Å². The molecule has 3 nitrogen and oxygen atoms in total. The molecule has 0 radical (unpaired) electrons. The molecule has 1 heterocycles. The van der Waals surface area contributed by atoms with Gasteiger partial charge in [-0.2, -0.15) is 4.39 Å². The van der Waals surface area contributed by atoms with Gasteiger partial charge in [0.1, 0.15) is 0 Å². The van der Waals surface area contributed by atoms with Gasteiger partial charge in [-0.25, -0.2) is 9.37 Å². The number of nitrogens with zero attached hydrogens (tertiary/aromatic N) is 1. The Morgan fingerprint density at radius 3 is 2.67 bits per heavy atom. The molecule has 0 saturated heterocycles. The lowest BCUT2D eigenvalue weighted by molar-refractivity contribution is 0.102. The summed E-state index contributed by atoms with van der Waals surface area (Å²) in [6.45, 7) is 0. The van der Waals surface area contributed by atoms with Crippen LogP contribution in [0.4, 0.5) is 14.5 Å². The number of carbonyl (C=O) groups excluding carboxylic acids is 1. The summed E-state index contributed by atoms with van der Waals surface area (Å²) >= 11 is 5.83. The Hall–Kier alpha value is -2.01. The minimum absolute atomic E-state index is 0.306. The Bertz CT molecular complexity index is 604. The van der Waals surface area contributed by atoms with Crippen LogP contribution in [0.5, 0.6) is 0 Å². The number of carbonyl (C=O) groups is 1. The molecule has 0 bridgehead atoms. The summed E-state index contributed by atoms with van der Waals surface area (Å²) in [4.78, 5) is 14.8. The normalized spacial score (nSPS) is 10.2. The fourth-order valence-corrected chi connectivity index (χ4v) is 1.53. The average Bonchev–Trinajstić information content (AvgIpc) is 2.35. The second-order valence-corrected chi connectivity index (χ2v) is 3.80. The van der Waals surface area contributed by atoms with Gasteiger partial charge in [0.15, 0.2) is 5.82 Å². The van der Waals surface area contributed by atoms with E-state index >= 15 is 0 Å². The first-order chi connectivity index (χ1) is 8.59. The van der Waals surface area contributed by atoms with Crippen molar-refractivity contribution >= 4 is 23.2 Å². The van der Waals surface area contributed by atoms with Gasteiger partial charge < -0.3 is 5.32 Å². The zero-order valence-electron chi connectivity index (χ0n) is 8.95. The second-order valence-electron chi connectivity index (χ2n) is 3.40. The fraction of sp³-hybridized carbons (Fsp3) is 0. The van der Waals surface area contributed by atoms with E-state index in [-0.39, 0.29) is 0 Å². The largest absolute Gasteiger partial charge is 0.321 e. The molecule has 2 aromatic rings. The molecule has 18 heavy (non-hydrogen) atoms. The zero-order chi connectivity index (χ0) is 13.1. The van der Waals surface area contributed by atoms with Crippen LogP contribution >= 0.6 is 11.6 Å². The van der Waals surface area contributed by atoms with E-state index in [1.807, 2.05) is 0 Å². The Labute approximate surface area is 106 Å². The molecule has 0 unspecified atom stereocenters. The third-order valence-electron chi connectivity index (χ3n) is 2.21. The van der Waals surface area contributed by atoms with E-state index in [1.54, 1.807) is 24.3 Å². The first-order valence-corrected chi connectivity index (χ1v) is 5.33. The fourth-order valence-electron chi connectivity index (χ4n) is 1.35. The van der Waals surface area contributed by atoms with Crippen molar-refractivity contribution in [2.75, 3.05) is 5.32 Å². The third-order valence-corrected chi connectivity index (χ3v) is 2.54. The topological polar surface area (TPSA) is 42.0 Å². The van der Waals surface area contributed by atoms with Crippen molar-refractivity contribution in [1.29, 1.82) is 0 Å². The molecule has 0 aliphatic heterocycles. The Balaban J connectivity index is 2.28. The number of amides is 1. The summed E-state index contributed by atoms with van der Waals surface area (Å²) in [6, 6.07) is 7.55. The zero-order valence-corrected chi connectivity index (χ0v) is 9.71. The summed E-state index contributed by atoms with van der Waals surface area (Å²) in [6.07, 6.45) is 1.01. The van der Waals surface area contributed by atoms with Gasteiger partial charge >= 0.3 is 0 Å². The Kier molecular flexibility index (Phi) is 3.53. The SMILES string of the molecule is O=C(Nc1ccccc1Cl)c1ccnc(F)c1F. The van der Waals surface area contributed by atoms with Crippen LogP contribution in [-0.2, 0) is 0 Å². The van der Waals surface area contributed by atoms with Gasteiger partial charge in [0.2, 0.25) is 5.95 Å². The van der Waals surface area contributed by atoms with Gasteiger partial charge in [0.25, 0.3) is 5.91 Å². The Morgan fingerprint density at radius 1 is 1.22 bits per heavy atom. The summed E-state index contributed by atoms with van der Waals surface area (Å²) in [5, 5.41) is 2.70. The summed E-state index contributed by atoms with van der Waals surface area (Å²) in [5.74, 6) is -3.40. The van der Waals surface area contributed by atoms with E-state index in [9.17, 15) is 13.6 Å². The molecule has 0 fully saturated rings. The summed E-state index contributed by atoms with van der Waals surface area (Å²) < 4.78 is 26.2. The number of rotatable bonds is 2. The molecule has 1 aromatic carbocycles. The predicted molar refractivity (Wildman–Crippen MR) is 63.6 cm³/mol. The minimum Gasteiger partial charge on any atom is -0.321 e. The summed E-state index contributed by atoms with van der Waals surface area (Å²) in [5.41, 5.74) is -0.108. The lowest BCUT2D eigenvalue weighted by Gasteiger charge is -2.07. The van der Waals surface area contributed by atoms with Gasteiger partial charge in [-0.3, -0.25) is 4.79 Å². The number of halogens is 3. The number of pyridine rings is 1. The number of nitrogens with one attached hydrogen (secondary N) is 1. The molecule has 0 saturated carbocycles. The lowest BCUT2D eigenvalue weighted by atomic mass is 10.2. The molecule has 1 aromatic heterocycles. The van der Waals surface area contributed by atoms with Crippen LogP contribution in [0.2, 0.25) is 5.02 Å². The minimum atomic E-state index is -1.32. The molecular weight excluding hydrogens is 262 g/mol. The van der Waals surface area contributed by atoms with E-state index < -0.39 is 23.2 Å². The van der Waals surface area contributed by atoms with Gasteiger partial charge in [0.05, 0.1) is 16.3 Å². The van der Waals surface area contributed by atoms with Crippen molar-refractivity contribution in [2.45, 2.75) is 0 Å². The van der Waals surface area contributed by atoms with Crippen LogP contribution < -0.4 is 5.32 Å². The van der Waals surface area contributed by atoms with Crippen molar-refractivity contribution in [3.63, 3.8) is 0 Å². The number of aromatic nitrogens is 1. The van der Waals surface area contributed by atoms with Crippen molar-refractivity contribution in [3.8, 4) is 0 Å². The maximum Gasteiger partial charge on any atom is 0.258 e. The summed E-state index contributed by atoms with van der Waals surface area (Å²) in [7, 11) is 0. The molecule has 0 atom stereocenters. The van der Waals surface area contributed by atoms with Crippen molar-refractivity contribution in [1.82, 2.24) is 4.98 Å². The molecule has 1 N–H and O–H groups in total. The van der Waals surface area contributed by atoms with E-state index in [0.29, 0.717) is 10.7 Å². The Morgan fingerprint density at radius 2 is 1.94 bits per heavy atom. The third kappa shape index (κ3) is 2.46. The molecule has 92 valence electrons. The molecular formula is C12H7ClF2N2O. The first-order valence-electron chi connectivity index (χ1n) is 4.95. The highest BCUT2D eigenvalue weighted by molar-refractivity contribution is 6.33. The van der Waals surface area contributed by atoms with Crippen molar-refractivity contribution in [2.24, 2.45) is 0 Å². The van der Waals surface area contributed by atoms with Crippen LogP contribution in [0.25, 0.3) is 0 Å². The second kappa shape index (κ2) is 5.10. The van der Waals surface area contributed by atoms with Gasteiger partial charge in [-0.1, -0.05) is 23.7 Å². The predicted octanol–water partition coefficient (Wildman–Crippen LogP) is 3.27. The monoisotopic (exact) mass is 268 g/mol. The van der Waals surface area contributed by atoms with Crippen molar-refractivity contribution in [3.05, 3.63) is 58.9 Å². The number of para-hydroxylation sites is 1. The van der Waals surface area contributed by atoms with Crippen LogP contribution in [0, 0.1) is 11.8 Å². The maximum absolute atomic E-state index is 13.3. The molecule has 2 rings (SSSR count). The molecule has 0 spiro atoms. The lowest BCUT2D eigenvalue weighted by Crippen LogP contribution is -2.15. The highest BCUT2D eigenvalue weighted by Gasteiger charge is 2.16. The van der Waals surface area contributed by atoms with E-state index in [4.69, 9.17) is 11.6 Å². The maximum atomic E-state index is 13.3. The smallest absolute Gasteiger partial charge is 0.258 e. The number of benzene rings is 1. The number of hydrogen-bond donors (Lipinski definition) is 1. The quantitative estimate of drug-likeness (QED) is 0.850. The van der Waals surface area contributed by atoms with Crippen molar-refractivity contribution < 1.29 is 13.6 Å². The van der Waals surface area contributed by atoms with Crippen LogP contribution in [-0.4, -0.2) is 10.9 Å². The van der Waals surface area contributed by atoms with Crippen LogP contribution in [0.15, 0.2) is 36.5 Å².